The molecule has 0 aliphatic carbocycles. The minimum Gasteiger partial charge on any atom is -0.436 e. The monoisotopic (exact) mass is 369 g/mol. The minimum atomic E-state index is -0.0780. The van der Waals surface area contributed by atoms with Crippen LogP contribution in [0.5, 0.6) is 0 Å². The van der Waals surface area contributed by atoms with E-state index in [1.54, 1.807) is 56.6 Å². The van der Waals surface area contributed by atoms with Crippen molar-refractivity contribution in [3.63, 3.8) is 0 Å². The standard InChI is InChI=1S/C19H16ClN3O3/c1-23(2)19(25)12-3-6-15(7-4-12)21-10-13(11-24)18-22-16-9-14(20)5-8-17(16)26-18/h3-11,21H,1-2H3/b13-10-. The van der Waals surface area contributed by atoms with Gasteiger partial charge in [0.05, 0.1) is 5.57 Å². The second-order valence-electron chi connectivity index (χ2n) is 5.77. The summed E-state index contributed by atoms with van der Waals surface area (Å²) in [6.07, 6.45) is 2.16. The van der Waals surface area contributed by atoms with Crippen LogP contribution < -0.4 is 5.32 Å². The summed E-state index contributed by atoms with van der Waals surface area (Å²) in [4.78, 5) is 29.1. The first-order chi connectivity index (χ1) is 12.5. The Labute approximate surface area is 155 Å². The Hall–Kier alpha value is -3.12. The average Bonchev–Trinajstić information content (AvgIpc) is 3.05. The molecule has 0 atom stereocenters. The number of aldehydes is 1. The lowest BCUT2D eigenvalue weighted by Gasteiger charge is -2.10. The first kappa shape index (κ1) is 17.7. The summed E-state index contributed by atoms with van der Waals surface area (Å²) in [5, 5.41) is 3.54. The maximum Gasteiger partial charge on any atom is 0.253 e. The summed E-state index contributed by atoms with van der Waals surface area (Å²) in [7, 11) is 3.39. The van der Waals surface area contributed by atoms with Crippen molar-refractivity contribution in [1.29, 1.82) is 0 Å². The molecule has 1 amide bonds. The minimum absolute atomic E-state index is 0.0780. The van der Waals surface area contributed by atoms with Crippen molar-refractivity contribution in [2.75, 3.05) is 19.4 Å². The Bertz CT molecular complexity index is 991. The third-order valence-corrected chi connectivity index (χ3v) is 3.89. The molecule has 0 bridgehead atoms. The van der Waals surface area contributed by atoms with Crippen molar-refractivity contribution in [2.45, 2.75) is 0 Å². The van der Waals surface area contributed by atoms with E-state index in [9.17, 15) is 9.59 Å². The van der Waals surface area contributed by atoms with Crippen LogP contribution in [0.1, 0.15) is 16.2 Å². The molecule has 0 saturated carbocycles. The van der Waals surface area contributed by atoms with Gasteiger partial charge in [-0.3, -0.25) is 9.59 Å². The number of hydrogen-bond donors (Lipinski definition) is 1. The molecule has 0 fully saturated rings. The average molecular weight is 370 g/mol. The molecule has 3 aromatic rings. The van der Waals surface area contributed by atoms with E-state index >= 15 is 0 Å². The number of oxazole rings is 1. The summed E-state index contributed by atoms with van der Waals surface area (Å²) in [5.74, 6) is 0.120. The van der Waals surface area contributed by atoms with Gasteiger partial charge in [0.2, 0.25) is 5.89 Å². The van der Waals surface area contributed by atoms with Gasteiger partial charge >= 0.3 is 0 Å². The Morgan fingerprint density at radius 3 is 2.58 bits per heavy atom. The number of aromatic nitrogens is 1. The summed E-state index contributed by atoms with van der Waals surface area (Å²) in [6.45, 7) is 0. The third-order valence-electron chi connectivity index (χ3n) is 3.66. The summed E-state index contributed by atoms with van der Waals surface area (Å²) < 4.78 is 5.58. The topological polar surface area (TPSA) is 75.4 Å². The number of carbonyl (C=O) groups is 2. The molecule has 26 heavy (non-hydrogen) atoms. The molecule has 1 aromatic heterocycles. The molecule has 3 rings (SSSR count). The predicted molar refractivity (Wildman–Crippen MR) is 101 cm³/mol. The van der Waals surface area contributed by atoms with Gasteiger partial charge in [-0.1, -0.05) is 11.6 Å². The number of anilines is 1. The maximum absolute atomic E-state index is 11.9. The van der Waals surface area contributed by atoms with Gasteiger partial charge < -0.3 is 14.6 Å². The lowest BCUT2D eigenvalue weighted by atomic mass is 10.2. The Morgan fingerprint density at radius 1 is 1.19 bits per heavy atom. The van der Waals surface area contributed by atoms with E-state index in [0.29, 0.717) is 28.0 Å². The molecule has 6 nitrogen and oxygen atoms in total. The van der Waals surface area contributed by atoms with Gasteiger partial charge in [-0.25, -0.2) is 4.98 Å². The van der Waals surface area contributed by atoms with Gasteiger partial charge in [0.1, 0.15) is 5.52 Å². The smallest absolute Gasteiger partial charge is 0.253 e. The van der Waals surface area contributed by atoms with Crippen LogP contribution in [0.15, 0.2) is 53.1 Å². The van der Waals surface area contributed by atoms with Gasteiger partial charge in [0.15, 0.2) is 11.9 Å². The maximum atomic E-state index is 11.9. The van der Waals surface area contributed by atoms with Crippen molar-refractivity contribution >= 4 is 46.2 Å². The van der Waals surface area contributed by atoms with Crippen molar-refractivity contribution in [2.24, 2.45) is 0 Å². The molecular formula is C19H16ClN3O3. The molecule has 0 aliphatic rings. The van der Waals surface area contributed by atoms with E-state index in [2.05, 4.69) is 10.3 Å². The van der Waals surface area contributed by atoms with E-state index < -0.39 is 0 Å². The van der Waals surface area contributed by atoms with Gasteiger partial charge in [0, 0.05) is 36.6 Å². The lowest BCUT2D eigenvalue weighted by Crippen LogP contribution is -2.21. The number of nitrogens with zero attached hydrogens (tertiary/aromatic N) is 2. The highest BCUT2D eigenvalue weighted by Gasteiger charge is 2.11. The second-order valence-corrected chi connectivity index (χ2v) is 6.21. The fourth-order valence-corrected chi connectivity index (χ4v) is 2.46. The third kappa shape index (κ3) is 3.75. The van der Waals surface area contributed by atoms with E-state index in [1.165, 1.54) is 11.1 Å². The number of hydrogen-bond acceptors (Lipinski definition) is 5. The molecule has 0 spiro atoms. The molecule has 7 heteroatoms. The lowest BCUT2D eigenvalue weighted by molar-refractivity contribution is -0.103. The highest BCUT2D eigenvalue weighted by Crippen LogP contribution is 2.23. The Balaban J connectivity index is 1.80. The number of carbonyl (C=O) groups excluding carboxylic acids is 2. The summed E-state index contributed by atoms with van der Waals surface area (Å²) >= 11 is 5.93. The molecule has 0 saturated heterocycles. The number of amides is 1. The molecule has 1 heterocycles. The molecule has 0 radical (unpaired) electrons. The van der Waals surface area contributed by atoms with E-state index in [4.69, 9.17) is 16.0 Å². The van der Waals surface area contributed by atoms with E-state index in [0.717, 1.165) is 5.69 Å². The first-order valence-electron chi connectivity index (χ1n) is 7.78. The van der Waals surface area contributed by atoms with Gasteiger partial charge in [0.25, 0.3) is 5.91 Å². The number of fused-ring (bicyclic) bond motifs is 1. The van der Waals surface area contributed by atoms with Crippen molar-refractivity contribution in [3.05, 3.63) is 65.1 Å². The zero-order valence-corrected chi connectivity index (χ0v) is 14.9. The highest BCUT2D eigenvalue weighted by molar-refractivity contribution is 6.31. The van der Waals surface area contributed by atoms with Crippen LogP contribution >= 0.6 is 11.6 Å². The molecule has 2 aromatic carbocycles. The SMILES string of the molecule is CN(C)C(=O)c1ccc(N/C=C(/C=O)c2nc3cc(Cl)ccc3o2)cc1. The number of halogens is 1. The number of rotatable bonds is 5. The van der Waals surface area contributed by atoms with E-state index in [1.807, 2.05) is 0 Å². The van der Waals surface area contributed by atoms with Crippen molar-refractivity contribution < 1.29 is 14.0 Å². The van der Waals surface area contributed by atoms with Crippen LogP contribution in [0.25, 0.3) is 16.7 Å². The van der Waals surface area contributed by atoms with Gasteiger partial charge in [-0.15, -0.1) is 0 Å². The van der Waals surface area contributed by atoms with Crippen LogP contribution in [-0.4, -0.2) is 36.2 Å². The first-order valence-corrected chi connectivity index (χ1v) is 8.16. The zero-order valence-electron chi connectivity index (χ0n) is 14.2. The number of nitrogens with one attached hydrogen (secondary N) is 1. The zero-order chi connectivity index (χ0) is 18.7. The quantitative estimate of drug-likeness (QED) is 0.546. The second kappa shape index (κ2) is 7.41. The van der Waals surface area contributed by atoms with Crippen molar-refractivity contribution in [3.8, 4) is 0 Å². The van der Waals surface area contributed by atoms with Crippen LogP contribution in [0, 0.1) is 0 Å². The molecule has 0 aliphatic heterocycles. The fourth-order valence-electron chi connectivity index (χ4n) is 2.30. The molecule has 132 valence electrons. The molecule has 0 unspecified atom stereocenters. The Morgan fingerprint density at radius 2 is 1.92 bits per heavy atom. The highest BCUT2D eigenvalue weighted by atomic mass is 35.5. The predicted octanol–water partition coefficient (Wildman–Crippen LogP) is 3.83. The molecule has 1 N–H and O–H groups in total. The largest absolute Gasteiger partial charge is 0.436 e. The van der Waals surface area contributed by atoms with Gasteiger partial charge in [-0.2, -0.15) is 0 Å². The fraction of sp³-hybridized carbons (Fsp3) is 0.105. The Kier molecular flexibility index (Phi) is 5.04. The summed E-state index contributed by atoms with van der Waals surface area (Å²) in [5.41, 5.74) is 2.68. The summed E-state index contributed by atoms with van der Waals surface area (Å²) in [6, 6.07) is 12.0. The van der Waals surface area contributed by atoms with E-state index in [-0.39, 0.29) is 17.4 Å². The number of allylic oxidation sites excluding steroid dienone is 1. The normalized spacial score (nSPS) is 11.4. The number of benzene rings is 2. The van der Waals surface area contributed by atoms with Crippen LogP contribution in [0.2, 0.25) is 5.02 Å². The van der Waals surface area contributed by atoms with Crippen LogP contribution in [0.3, 0.4) is 0 Å². The van der Waals surface area contributed by atoms with Crippen LogP contribution in [0.4, 0.5) is 5.69 Å². The van der Waals surface area contributed by atoms with Crippen molar-refractivity contribution in [1.82, 2.24) is 9.88 Å². The molecular weight excluding hydrogens is 354 g/mol. The van der Waals surface area contributed by atoms with Crippen LogP contribution in [-0.2, 0) is 4.79 Å². The van der Waals surface area contributed by atoms with Gasteiger partial charge in [-0.05, 0) is 42.5 Å².